The first-order valence-corrected chi connectivity index (χ1v) is 14.9. The highest BCUT2D eigenvalue weighted by Crippen LogP contribution is 2.33. The lowest BCUT2D eigenvalue weighted by molar-refractivity contribution is -0.145. The van der Waals surface area contributed by atoms with Gasteiger partial charge >= 0.3 is 23.9 Å². The van der Waals surface area contributed by atoms with Crippen molar-refractivity contribution in [3.8, 4) is 23.0 Å². The van der Waals surface area contributed by atoms with Crippen LogP contribution in [0.15, 0.2) is 78.9 Å². The monoisotopic (exact) mass is 584 g/mol. The highest BCUT2D eigenvalue weighted by molar-refractivity contribution is 5.79. The summed E-state index contributed by atoms with van der Waals surface area (Å²) in [5, 5.41) is 0. The molecular formula is C35H36O8. The summed E-state index contributed by atoms with van der Waals surface area (Å²) >= 11 is 0. The van der Waals surface area contributed by atoms with E-state index in [0.717, 1.165) is 5.56 Å². The molecule has 0 saturated heterocycles. The van der Waals surface area contributed by atoms with Crippen molar-refractivity contribution in [2.75, 3.05) is 0 Å². The van der Waals surface area contributed by atoms with Gasteiger partial charge in [0.2, 0.25) is 0 Å². The molecule has 0 heterocycles. The van der Waals surface area contributed by atoms with Crippen LogP contribution >= 0.6 is 0 Å². The Labute approximate surface area is 251 Å². The van der Waals surface area contributed by atoms with Gasteiger partial charge in [0, 0.05) is 0 Å². The number of esters is 4. The molecule has 0 bridgehead atoms. The number of aryl methyl sites for hydroxylation is 1. The Morgan fingerprint density at radius 1 is 0.419 bits per heavy atom. The standard InChI is InChI=1S/C35H36O8/c1-23-7-17-29(18-8-23)41-33(37)25-13-15-27(16-14-25)35(39)43-31-21-19-30(20-22-31)42-34(38)26-11-9-24(10-12-26)32(36)40-28-5-3-2-4-6-28/h2-8,17-22,24-27H,9-16H2,1H3. The second-order valence-electron chi connectivity index (χ2n) is 11.4. The van der Waals surface area contributed by atoms with Crippen molar-refractivity contribution in [1.82, 2.24) is 0 Å². The molecule has 2 aliphatic rings. The maximum Gasteiger partial charge on any atom is 0.314 e. The van der Waals surface area contributed by atoms with E-state index in [9.17, 15) is 19.2 Å². The number of hydrogen-bond acceptors (Lipinski definition) is 8. The van der Waals surface area contributed by atoms with Crippen LogP contribution in [-0.4, -0.2) is 23.9 Å². The lowest BCUT2D eigenvalue weighted by Crippen LogP contribution is -2.30. The number of hydrogen-bond donors (Lipinski definition) is 0. The van der Waals surface area contributed by atoms with Crippen molar-refractivity contribution in [1.29, 1.82) is 0 Å². The normalized spacial score (nSPS) is 21.7. The summed E-state index contributed by atoms with van der Waals surface area (Å²) in [6.07, 6.45) is 4.46. The molecule has 3 aromatic carbocycles. The van der Waals surface area contributed by atoms with E-state index in [1.165, 1.54) is 0 Å². The van der Waals surface area contributed by atoms with Crippen LogP contribution in [-0.2, 0) is 19.2 Å². The van der Waals surface area contributed by atoms with E-state index < -0.39 is 0 Å². The maximum atomic E-state index is 12.8. The average molecular weight is 585 g/mol. The molecule has 0 amide bonds. The van der Waals surface area contributed by atoms with E-state index in [1.807, 2.05) is 37.3 Å². The van der Waals surface area contributed by atoms with Gasteiger partial charge in [-0.15, -0.1) is 0 Å². The van der Waals surface area contributed by atoms with Gasteiger partial charge in [-0.1, -0.05) is 35.9 Å². The fourth-order valence-electron chi connectivity index (χ4n) is 5.60. The number of benzene rings is 3. The Kier molecular flexibility index (Phi) is 9.87. The molecule has 0 spiro atoms. The lowest BCUT2D eigenvalue weighted by atomic mass is 9.82. The van der Waals surface area contributed by atoms with Gasteiger partial charge in [0.05, 0.1) is 23.7 Å². The molecule has 8 nitrogen and oxygen atoms in total. The summed E-state index contributed by atoms with van der Waals surface area (Å²) in [5.74, 6) is -0.481. The third-order valence-corrected chi connectivity index (χ3v) is 8.25. The van der Waals surface area contributed by atoms with E-state index in [2.05, 4.69) is 0 Å². The summed E-state index contributed by atoms with van der Waals surface area (Å²) < 4.78 is 22.1. The predicted octanol–water partition coefficient (Wildman–Crippen LogP) is 6.63. The van der Waals surface area contributed by atoms with Crippen LogP contribution in [0.5, 0.6) is 23.0 Å². The second kappa shape index (κ2) is 14.1. The minimum atomic E-state index is -0.336. The molecule has 224 valence electrons. The Bertz CT molecular complexity index is 1400. The van der Waals surface area contributed by atoms with Crippen LogP contribution in [0, 0.1) is 30.6 Å². The molecule has 0 N–H and O–H groups in total. The Balaban J connectivity index is 1.02. The largest absolute Gasteiger partial charge is 0.426 e. The zero-order chi connectivity index (χ0) is 30.2. The van der Waals surface area contributed by atoms with Gasteiger partial charge in [-0.3, -0.25) is 19.2 Å². The summed E-state index contributed by atoms with van der Waals surface area (Å²) in [6, 6.07) is 22.7. The van der Waals surface area contributed by atoms with Crippen LogP contribution in [0.2, 0.25) is 0 Å². The van der Waals surface area contributed by atoms with Crippen molar-refractivity contribution in [2.45, 2.75) is 58.3 Å². The van der Waals surface area contributed by atoms with E-state index in [0.29, 0.717) is 74.4 Å². The molecule has 2 aliphatic carbocycles. The average Bonchev–Trinajstić information content (AvgIpc) is 3.03. The molecule has 0 radical (unpaired) electrons. The number of rotatable bonds is 8. The van der Waals surface area contributed by atoms with Crippen LogP contribution in [0.4, 0.5) is 0 Å². The third kappa shape index (κ3) is 8.31. The molecule has 0 aromatic heterocycles. The highest BCUT2D eigenvalue weighted by Gasteiger charge is 2.33. The van der Waals surface area contributed by atoms with Crippen LogP contribution in [0.3, 0.4) is 0 Å². The second-order valence-corrected chi connectivity index (χ2v) is 11.4. The summed E-state index contributed by atoms with van der Waals surface area (Å²) in [4.78, 5) is 50.5. The molecule has 3 aromatic rings. The first kappa shape index (κ1) is 30.0. The first-order valence-electron chi connectivity index (χ1n) is 14.9. The molecule has 0 unspecified atom stereocenters. The van der Waals surface area contributed by atoms with Gasteiger partial charge in [0.25, 0.3) is 0 Å². The SMILES string of the molecule is Cc1ccc(OC(=O)C2CCC(C(=O)Oc3ccc(OC(=O)C4CCC(C(=O)Oc5ccccc5)CC4)cc3)CC2)cc1. The molecular weight excluding hydrogens is 548 g/mol. The predicted molar refractivity (Wildman–Crippen MR) is 157 cm³/mol. The fraction of sp³-hybridized carbons (Fsp3) is 0.371. The fourth-order valence-corrected chi connectivity index (χ4v) is 5.60. The first-order chi connectivity index (χ1) is 20.8. The van der Waals surface area contributed by atoms with Crippen LogP contribution in [0.25, 0.3) is 0 Å². The Hall–Kier alpha value is -4.46. The van der Waals surface area contributed by atoms with Crippen LogP contribution < -0.4 is 18.9 Å². The van der Waals surface area contributed by atoms with Crippen molar-refractivity contribution < 1.29 is 38.1 Å². The minimum absolute atomic E-state index is 0.235. The Morgan fingerprint density at radius 2 is 0.674 bits per heavy atom. The smallest absolute Gasteiger partial charge is 0.314 e. The summed E-state index contributed by atoms with van der Waals surface area (Å²) in [7, 11) is 0. The van der Waals surface area contributed by atoms with Gasteiger partial charge in [0.15, 0.2) is 0 Å². The van der Waals surface area contributed by atoms with E-state index in [-0.39, 0.29) is 47.5 Å². The van der Waals surface area contributed by atoms with Crippen LogP contribution in [0.1, 0.15) is 56.9 Å². The molecule has 0 aliphatic heterocycles. The highest BCUT2D eigenvalue weighted by atomic mass is 16.5. The number of para-hydroxylation sites is 1. The van der Waals surface area contributed by atoms with Crippen molar-refractivity contribution in [3.63, 3.8) is 0 Å². The zero-order valence-electron chi connectivity index (χ0n) is 24.2. The molecule has 0 atom stereocenters. The topological polar surface area (TPSA) is 105 Å². The van der Waals surface area contributed by atoms with Gasteiger partial charge in [-0.05, 0) is 107 Å². The van der Waals surface area contributed by atoms with Crippen molar-refractivity contribution in [2.24, 2.45) is 23.7 Å². The van der Waals surface area contributed by atoms with Gasteiger partial charge in [-0.2, -0.15) is 0 Å². The van der Waals surface area contributed by atoms with Crippen molar-refractivity contribution in [3.05, 3.63) is 84.4 Å². The van der Waals surface area contributed by atoms with Gasteiger partial charge in [-0.25, -0.2) is 0 Å². The minimum Gasteiger partial charge on any atom is -0.426 e. The zero-order valence-corrected chi connectivity index (χ0v) is 24.2. The Morgan fingerprint density at radius 3 is 0.977 bits per heavy atom. The molecule has 8 heteroatoms. The molecule has 2 saturated carbocycles. The molecule has 2 fully saturated rings. The van der Waals surface area contributed by atoms with E-state index in [4.69, 9.17) is 18.9 Å². The summed E-state index contributed by atoms with van der Waals surface area (Å²) in [6.45, 7) is 1.97. The van der Waals surface area contributed by atoms with Gasteiger partial charge in [0.1, 0.15) is 23.0 Å². The third-order valence-electron chi connectivity index (χ3n) is 8.25. The lowest BCUT2D eigenvalue weighted by Gasteiger charge is -2.26. The van der Waals surface area contributed by atoms with Crippen molar-refractivity contribution >= 4 is 23.9 Å². The van der Waals surface area contributed by atoms with E-state index >= 15 is 0 Å². The number of carbonyl (C=O) groups excluding carboxylic acids is 4. The number of ether oxygens (including phenoxy) is 4. The maximum absolute atomic E-state index is 12.8. The molecule has 43 heavy (non-hydrogen) atoms. The molecule has 5 rings (SSSR count). The van der Waals surface area contributed by atoms with E-state index in [1.54, 1.807) is 48.5 Å². The summed E-state index contributed by atoms with van der Waals surface area (Å²) in [5.41, 5.74) is 1.09. The quantitative estimate of drug-likeness (QED) is 0.215. The number of carbonyl (C=O) groups is 4. The van der Waals surface area contributed by atoms with Gasteiger partial charge < -0.3 is 18.9 Å².